The van der Waals surface area contributed by atoms with Gasteiger partial charge in [-0.3, -0.25) is 4.79 Å². The van der Waals surface area contributed by atoms with E-state index in [1.165, 1.54) is 12.8 Å². The van der Waals surface area contributed by atoms with E-state index in [4.69, 9.17) is 4.74 Å². The predicted molar refractivity (Wildman–Crippen MR) is 69.4 cm³/mol. The number of rotatable bonds is 6. The Morgan fingerprint density at radius 1 is 1.50 bits per heavy atom. The molecule has 1 aliphatic heterocycles. The molecule has 1 fully saturated rings. The van der Waals surface area contributed by atoms with Crippen molar-refractivity contribution in [1.29, 1.82) is 0 Å². The maximum absolute atomic E-state index is 11.8. The molecule has 0 aliphatic carbocycles. The summed E-state index contributed by atoms with van der Waals surface area (Å²) in [5, 5.41) is 0. The molecule has 1 aromatic heterocycles. The van der Waals surface area contributed by atoms with Gasteiger partial charge in [0.2, 0.25) is 0 Å². The zero-order valence-electron chi connectivity index (χ0n) is 11.1. The first kappa shape index (κ1) is 13.3. The molecule has 0 amide bonds. The second-order valence-corrected chi connectivity index (χ2v) is 5.02. The Labute approximate surface area is 108 Å². The third kappa shape index (κ3) is 3.95. The Morgan fingerprint density at radius 2 is 2.39 bits per heavy atom. The third-order valence-corrected chi connectivity index (χ3v) is 3.57. The van der Waals surface area contributed by atoms with E-state index in [0.29, 0.717) is 24.7 Å². The molecular formula is C14H22N2O2. The van der Waals surface area contributed by atoms with E-state index < -0.39 is 0 Å². The van der Waals surface area contributed by atoms with Gasteiger partial charge >= 0.3 is 0 Å². The van der Waals surface area contributed by atoms with Gasteiger partial charge in [0, 0.05) is 45.3 Å². The number of hydrogen-bond acceptors (Lipinski definition) is 3. The summed E-state index contributed by atoms with van der Waals surface area (Å²) in [6, 6.07) is 0. The van der Waals surface area contributed by atoms with E-state index >= 15 is 0 Å². The molecular weight excluding hydrogens is 228 g/mol. The van der Waals surface area contributed by atoms with Gasteiger partial charge in [-0.05, 0) is 25.7 Å². The van der Waals surface area contributed by atoms with Gasteiger partial charge in [-0.1, -0.05) is 0 Å². The first-order valence-electron chi connectivity index (χ1n) is 6.85. The number of ether oxygens (including phenoxy) is 1. The maximum Gasteiger partial charge on any atom is 0.133 e. The molecule has 1 saturated heterocycles. The molecule has 2 rings (SSSR count). The normalized spacial score (nSPS) is 19.9. The average molecular weight is 250 g/mol. The van der Waals surface area contributed by atoms with E-state index in [1.807, 2.05) is 17.8 Å². The van der Waals surface area contributed by atoms with Gasteiger partial charge in [0.15, 0.2) is 0 Å². The van der Waals surface area contributed by atoms with Crippen LogP contribution in [0.1, 0.15) is 44.3 Å². The molecule has 0 saturated carbocycles. The van der Waals surface area contributed by atoms with Crippen molar-refractivity contribution in [2.24, 2.45) is 7.05 Å². The Bertz CT molecular complexity index is 381. The quantitative estimate of drug-likeness (QED) is 0.778. The van der Waals surface area contributed by atoms with Crippen molar-refractivity contribution in [2.75, 3.05) is 6.61 Å². The summed E-state index contributed by atoms with van der Waals surface area (Å²) in [6.45, 7) is 0.867. The number of aryl methyl sites for hydroxylation is 2. The van der Waals surface area contributed by atoms with Crippen molar-refractivity contribution in [3.05, 3.63) is 18.2 Å². The fourth-order valence-electron chi connectivity index (χ4n) is 2.37. The zero-order valence-corrected chi connectivity index (χ0v) is 11.1. The summed E-state index contributed by atoms with van der Waals surface area (Å²) in [5.74, 6) is 1.31. The molecule has 100 valence electrons. The molecule has 0 radical (unpaired) electrons. The molecule has 2 heterocycles. The molecule has 1 aromatic rings. The minimum absolute atomic E-state index is 0.316. The Balaban J connectivity index is 1.64. The highest BCUT2D eigenvalue weighted by atomic mass is 16.5. The van der Waals surface area contributed by atoms with Crippen molar-refractivity contribution in [2.45, 2.75) is 51.0 Å². The fraction of sp³-hybridized carbons (Fsp3) is 0.714. The van der Waals surface area contributed by atoms with Gasteiger partial charge < -0.3 is 9.30 Å². The van der Waals surface area contributed by atoms with Crippen molar-refractivity contribution >= 4 is 5.78 Å². The van der Waals surface area contributed by atoms with E-state index in [9.17, 15) is 4.79 Å². The smallest absolute Gasteiger partial charge is 0.133 e. The molecule has 4 heteroatoms. The van der Waals surface area contributed by atoms with Gasteiger partial charge in [0.25, 0.3) is 0 Å². The first-order chi connectivity index (χ1) is 8.75. The van der Waals surface area contributed by atoms with Crippen LogP contribution >= 0.6 is 0 Å². The molecule has 1 aliphatic rings. The second kappa shape index (κ2) is 6.69. The predicted octanol–water partition coefficient (Wildman–Crippen LogP) is 2.27. The molecule has 0 aromatic carbocycles. The molecule has 0 N–H and O–H groups in total. The lowest BCUT2D eigenvalue weighted by Crippen LogP contribution is -2.20. The summed E-state index contributed by atoms with van der Waals surface area (Å²) < 4.78 is 7.60. The minimum Gasteiger partial charge on any atom is -0.378 e. The van der Waals surface area contributed by atoms with Crippen LogP contribution in [0, 0.1) is 0 Å². The lowest BCUT2D eigenvalue weighted by Gasteiger charge is -2.22. The Hall–Kier alpha value is -1.16. The summed E-state index contributed by atoms with van der Waals surface area (Å²) >= 11 is 0. The standard InChI is InChI=1S/C14H22N2O2/c1-16-10-9-15-14(16)8-6-12(17)5-7-13-4-2-3-11-18-13/h9-10,13H,2-8,11H2,1H3. The number of hydrogen-bond donors (Lipinski definition) is 0. The molecule has 4 nitrogen and oxygen atoms in total. The summed E-state index contributed by atoms with van der Waals surface area (Å²) in [4.78, 5) is 16.0. The van der Waals surface area contributed by atoms with Gasteiger partial charge in [0.05, 0.1) is 6.10 Å². The number of imidazole rings is 1. The highest BCUT2D eigenvalue weighted by Gasteiger charge is 2.15. The lowest BCUT2D eigenvalue weighted by atomic mass is 10.0. The van der Waals surface area contributed by atoms with Gasteiger partial charge in [0.1, 0.15) is 11.6 Å². The molecule has 1 atom stereocenters. The number of ketones is 1. The number of nitrogens with zero attached hydrogens (tertiary/aromatic N) is 2. The van der Waals surface area contributed by atoms with E-state index in [0.717, 1.165) is 31.7 Å². The molecule has 0 spiro atoms. The van der Waals surface area contributed by atoms with Crippen LogP contribution in [0.15, 0.2) is 12.4 Å². The van der Waals surface area contributed by atoms with Crippen LogP contribution in [0.5, 0.6) is 0 Å². The summed E-state index contributed by atoms with van der Waals surface area (Å²) in [5.41, 5.74) is 0. The monoisotopic (exact) mass is 250 g/mol. The van der Waals surface area contributed by atoms with E-state index in [-0.39, 0.29) is 0 Å². The van der Waals surface area contributed by atoms with Crippen molar-refractivity contribution in [3.63, 3.8) is 0 Å². The fourth-order valence-corrected chi connectivity index (χ4v) is 2.37. The average Bonchev–Trinajstić information content (AvgIpc) is 2.81. The van der Waals surface area contributed by atoms with E-state index in [2.05, 4.69) is 4.98 Å². The Morgan fingerprint density at radius 3 is 3.06 bits per heavy atom. The second-order valence-electron chi connectivity index (χ2n) is 5.02. The van der Waals surface area contributed by atoms with E-state index in [1.54, 1.807) is 6.20 Å². The summed E-state index contributed by atoms with van der Waals surface area (Å²) in [7, 11) is 1.96. The number of Topliss-reactive ketones (excluding diaryl/α,β-unsaturated/α-hetero) is 1. The van der Waals surface area contributed by atoms with Crippen LogP contribution in [0.25, 0.3) is 0 Å². The Kier molecular flexibility index (Phi) is 4.93. The number of carbonyl (C=O) groups excluding carboxylic acids is 1. The van der Waals surface area contributed by atoms with Crippen LogP contribution in [0.3, 0.4) is 0 Å². The zero-order chi connectivity index (χ0) is 12.8. The first-order valence-corrected chi connectivity index (χ1v) is 6.85. The highest BCUT2D eigenvalue weighted by Crippen LogP contribution is 2.17. The highest BCUT2D eigenvalue weighted by molar-refractivity contribution is 5.78. The van der Waals surface area contributed by atoms with Crippen molar-refractivity contribution < 1.29 is 9.53 Å². The third-order valence-electron chi connectivity index (χ3n) is 3.57. The minimum atomic E-state index is 0.316. The van der Waals surface area contributed by atoms with Crippen LogP contribution in [-0.4, -0.2) is 28.0 Å². The van der Waals surface area contributed by atoms with Crippen molar-refractivity contribution in [3.8, 4) is 0 Å². The van der Waals surface area contributed by atoms with Crippen molar-refractivity contribution in [1.82, 2.24) is 9.55 Å². The number of aromatic nitrogens is 2. The topological polar surface area (TPSA) is 44.1 Å². The molecule has 1 unspecified atom stereocenters. The van der Waals surface area contributed by atoms with Crippen LogP contribution in [-0.2, 0) is 23.0 Å². The molecule has 18 heavy (non-hydrogen) atoms. The maximum atomic E-state index is 11.8. The van der Waals surface area contributed by atoms with Gasteiger partial charge in [-0.15, -0.1) is 0 Å². The van der Waals surface area contributed by atoms with Crippen LogP contribution in [0.2, 0.25) is 0 Å². The summed E-state index contributed by atoms with van der Waals surface area (Å²) in [6.07, 6.45) is 10.4. The molecule has 0 bridgehead atoms. The van der Waals surface area contributed by atoms with Crippen LogP contribution < -0.4 is 0 Å². The number of carbonyl (C=O) groups is 1. The largest absolute Gasteiger partial charge is 0.378 e. The van der Waals surface area contributed by atoms with Gasteiger partial charge in [-0.2, -0.15) is 0 Å². The van der Waals surface area contributed by atoms with Gasteiger partial charge in [-0.25, -0.2) is 4.98 Å². The lowest BCUT2D eigenvalue weighted by molar-refractivity contribution is -0.120. The SMILES string of the molecule is Cn1ccnc1CCC(=O)CCC1CCCCO1. The van der Waals surface area contributed by atoms with Crippen LogP contribution in [0.4, 0.5) is 0 Å².